The van der Waals surface area contributed by atoms with E-state index < -0.39 is 18.7 Å². The summed E-state index contributed by atoms with van der Waals surface area (Å²) in [5.74, 6) is -0.191. The molecule has 0 saturated heterocycles. The van der Waals surface area contributed by atoms with Gasteiger partial charge in [-0.15, -0.1) is 0 Å². The fraction of sp³-hybridized carbons (Fsp3) is 0.556. The van der Waals surface area contributed by atoms with Crippen LogP contribution in [0.15, 0.2) is 6.20 Å². The molecule has 0 radical (unpaired) electrons. The number of carbonyl (C=O) groups excluding carboxylic acids is 1. The Morgan fingerprint density at radius 2 is 2.28 bits per heavy atom. The molecule has 102 valence electrons. The predicted molar refractivity (Wildman–Crippen MR) is 57.7 cm³/mol. The number of nitrogens with one attached hydrogen (secondary N) is 1. The van der Waals surface area contributed by atoms with Gasteiger partial charge in [-0.3, -0.25) is 9.48 Å². The Bertz CT molecular complexity index is 397. The fourth-order valence-electron chi connectivity index (χ4n) is 1.15. The van der Waals surface area contributed by atoms with Gasteiger partial charge >= 0.3 is 6.18 Å². The Balaban J connectivity index is 2.31. The minimum atomic E-state index is -4.39. The van der Waals surface area contributed by atoms with E-state index in [4.69, 9.17) is 5.73 Å². The highest BCUT2D eigenvalue weighted by Crippen LogP contribution is 2.16. The van der Waals surface area contributed by atoms with Gasteiger partial charge < -0.3 is 15.8 Å². The van der Waals surface area contributed by atoms with Crippen molar-refractivity contribution in [2.75, 3.05) is 24.3 Å². The Kier molecular flexibility index (Phi) is 4.54. The van der Waals surface area contributed by atoms with Crippen molar-refractivity contribution in [1.29, 1.82) is 0 Å². The number of nitrogens with two attached hydrogens (primary N) is 1. The van der Waals surface area contributed by atoms with Crippen LogP contribution in [0, 0.1) is 0 Å². The van der Waals surface area contributed by atoms with E-state index in [2.05, 4.69) is 15.2 Å². The smallest absolute Gasteiger partial charge is 0.394 e. The van der Waals surface area contributed by atoms with Crippen molar-refractivity contribution in [3.05, 3.63) is 6.20 Å². The number of nitrogens with zero attached hydrogens (tertiary/aromatic N) is 2. The number of halogens is 3. The van der Waals surface area contributed by atoms with Gasteiger partial charge in [-0.05, 0) is 0 Å². The number of hydrogen-bond donors (Lipinski definition) is 2. The number of alkyl halides is 3. The van der Waals surface area contributed by atoms with E-state index in [-0.39, 0.29) is 18.7 Å². The van der Waals surface area contributed by atoms with Crippen molar-refractivity contribution in [1.82, 2.24) is 9.78 Å². The van der Waals surface area contributed by atoms with E-state index in [0.717, 1.165) is 0 Å². The van der Waals surface area contributed by atoms with Gasteiger partial charge in [0, 0.05) is 7.05 Å². The van der Waals surface area contributed by atoms with Gasteiger partial charge in [0.05, 0.1) is 24.9 Å². The van der Waals surface area contributed by atoms with Gasteiger partial charge in [-0.25, -0.2) is 0 Å². The van der Waals surface area contributed by atoms with Gasteiger partial charge in [0.25, 0.3) is 0 Å². The second-order valence-electron chi connectivity index (χ2n) is 3.54. The second-order valence-corrected chi connectivity index (χ2v) is 3.54. The monoisotopic (exact) mass is 266 g/mol. The zero-order valence-electron chi connectivity index (χ0n) is 9.62. The number of carbonyl (C=O) groups is 1. The topological polar surface area (TPSA) is 82.2 Å². The van der Waals surface area contributed by atoms with Crippen molar-refractivity contribution in [2.24, 2.45) is 7.05 Å². The first-order valence-corrected chi connectivity index (χ1v) is 5.01. The fourth-order valence-corrected chi connectivity index (χ4v) is 1.15. The molecule has 1 aromatic rings. The minimum absolute atomic E-state index is 0.194. The van der Waals surface area contributed by atoms with Crippen LogP contribution in [-0.2, 0) is 16.6 Å². The normalized spacial score (nSPS) is 11.6. The van der Waals surface area contributed by atoms with Crippen LogP contribution in [0.25, 0.3) is 0 Å². The van der Waals surface area contributed by atoms with Crippen LogP contribution < -0.4 is 11.1 Å². The van der Waals surface area contributed by atoms with Crippen LogP contribution in [0.4, 0.5) is 24.7 Å². The molecule has 0 aliphatic heterocycles. The molecule has 1 heterocycles. The van der Waals surface area contributed by atoms with E-state index in [1.807, 2.05) is 0 Å². The molecule has 1 aromatic heterocycles. The zero-order chi connectivity index (χ0) is 13.8. The van der Waals surface area contributed by atoms with Crippen LogP contribution >= 0.6 is 0 Å². The zero-order valence-corrected chi connectivity index (χ0v) is 9.62. The van der Waals surface area contributed by atoms with Crippen LogP contribution in [0.2, 0.25) is 0 Å². The lowest BCUT2D eigenvalue weighted by Gasteiger charge is -2.08. The molecule has 0 aliphatic carbocycles. The number of aromatic nitrogens is 2. The third kappa shape index (κ3) is 4.62. The SMILES string of the molecule is Cn1ncc(N)c1NC(=O)CCOCC(F)(F)F. The summed E-state index contributed by atoms with van der Waals surface area (Å²) in [5.41, 5.74) is 5.80. The summed E-state index contributed by atoms with van der Waals surface area (Å²) < 4.78 is 40.9. The van der Waals surface area contributed by atoms with Gasteiger partial charge in [-0.2, -0.15) is 18.3 Å². The number of ether oxygens (including phenoxy) is 1. The molecule has 0 saturated carbocycles. The summed E-state index contributed by atoms with van der Waals surface area (Å²) in [6.45, 7) is -1.68. The van der Waals surface area contributed by atoms with Crippen molar-refractivity contribution >= 4 is 17.4 Å². The lowest BCUT2D eigenvalue weighted by Crippen LogP contribution is -2.21. The summed E-state index contributed by atoms with van der Waals surface area (Å²) in [6, 6.07) is 0. The van der Waals surface area contributed by atoms with Crippen molar-refractivity contribution in [2.45, 2.75) is 12.6 Å². The highest BCUT2D eigenvalue weighted by Gasteiger charge is 2.27. The Hall–Kier alpha value is -1.77. The molecule has 0 aromatic carbocycles. The Morgan fingerprint density at radius 1 is 1.61 bits per heavy atom. The average Bonchev–Trinajstić information content (AvgIpc) is 2.55. The van der Waals surface area contributed by atoms with Crippen LogP contribution in [0.3, 0.4) is 0 Å². The van der Waals surface area contributed by atoms with E-state index in [0.29, 0.717) is 5.82 Å². The number of aryl methyl sites for hydroxylation is 1. The molecule has 0 atom stereocenters. The molecular weight excluding hydrogens is 253 g/mol. The highest BCUT2D eigenvalue weighted by atomic mass is 19.4. The van der Waals surface area contributed by atoms with Gasteiger partial charge in [0.1, 0.15) is 6.61 Å². The maximum Gasteiger partial charge on any atom is 0.411 e. The van der Waals surface area contributed by atoms with E-state index in [1.165, 1.54) is 10.9 Å². The molecular formula is C9H13F3N4O2. The highest BCUT2D eigenvalue weighted by molar-refractivity contribution is 5.92. The quantitative estimate of drug-likeness (QED) is 0.776. The molecule has 6 nitrogen and oxygen atoms in total. The molecule has 0 bridgehead atoms. The first-order valence-electron chi connectivity index (χ1n) is 5.01. The number of hydrogen-bond acceptors (Lipinski definition) is 4. The first kappa shape index (κ1) is 14.3. The molecule has 0 unspecified atom stereocenters. The largest absolute Gasteiger partial charge is 0.411 e. The van der Waals surface area contributed by atoms with Crippen molar-refractivity contribution in [3.63, 3.8) is 0 Å². The van der Waals surface area contributed by atoms with Crippen LogP contribution in [0.1, 0.15) is 6.42 Å². The van der Waals surface area contributed by atoms with E-state index >= 15 is 0 Å². The third-order valence-electron chi connectivity index (χ3n) is 1.96. The maximum absolute atomic E-state index is 11.7. The lowest BCUT2D eigenvalue weighted by atomic mass is 10.4. The number of amides is 1. The average molecular weight is 266 g/mol. The molecule has 1 rings (SSSR count). The van der Waals surface area contributed by atoms with Crippen LogP contribution in [-0.4, -0.2) is 35.1 Å². The Labute approximate surface area is 101 Å². The summed E-state index contributed by atoms with van der Waals surface area (Å²) >= 11 is 0. The standard InChI is InChI=1S/C9H13F3N4O2/c1-16-8(6(13)4-14-16)15-7(17)2-3-18-5-9(10,11)12/h4H,2-3,5,13H2,1H3,(H,15,17). The molecule has 0 aliphatic rings. The third-order valence-corrected chi connectivity index (χ3v) is 1.96. The minimum Gasteiger partial charge on any atom is -0.394 e. The maximum atomic E-state index is 11.7. The lowest BCUT2D eigenvalue weighted by molar-refractivity contribution is -0.174. The molecule has 18 heavy (non-hydrogen) atoms. The molecule has 9 heteroatoms. The van der Waals surface area contributed by atoms with Crippen molar-refractivity contribution < 1.29 is 22.7 Å². The van der Waals surface area contributed by atoms with Crippen molar-refractivity contribution in [3.8, 4) is 0 Å². The molecule has 0 fully saturated rings. The van der Waals surface area contributed by atoms with E-state index in [1.54, 1.807) is 7.05 Å². The molecule has 3 N–H and O–H groups in total. The number of nitrogen functional groups attached to an aromatic ring is 1. The summed E-state index contributed by atoms with van der Waals surface area (Å²) in [7, 11) is 1.58. The summed E-state index contributed by atoms with van der Waals surface area (Å²) in [5, 5.41) is 6.23. The Morgan fingerprint density at radius 3 is 2.78 bits per heavy atom. The molecule has 0 spiro atoms. The van der Waals surface area contributed by atoms with Gasteiger partial charge in [-0.1, -0.05) is 0 Å². The summed E-state index contributed by atoms with van der Waals surface area (Å²) in [6.07, 6.45) is -3.22. The summed E-state index contributed by atoms with van der Waals surface area (Å²) in [4.78, 5) is 11.4. The van der Waals surface area contributed by atoms with E-state index in [9.17, 15) is 18.0 Å². The van der Waals surface area contributed by atoms with Gasteiger partial charge in [0.2, 0.25) is 5.91 Å². The number of anilines is 2. The van der Waals surface area contributed by atoms with Crippen LogP contribution in [0.5, 0.6) is 0 Å². The van der Waals surface area contributed by atoms with Gasteiger partial charge in [0.15, 0.2) is 5.82 Å². The number of rotatable bonds is 5. The first-order chi connectivity index (χ1) is 8.29. The predicted octanol–water partition coefficient (Wildman–Crippen LogP) is 0.910. The molecule has 1 amide bonds. The second kappa shape index (κ2) is 5.71.